The first-order valence-corrected chi connectivity index (χ1v) is 7.38. The van der Waals surface area contributed by atoms with Crippen molar-refractivity contribution >= 4 is 11.8 Å². The first-order chi connectivity index (χ1) is 7.37. The maximum absolute atomic E-state index is 5.73. The van der Waals surface area contributed by atoms with Gasteiger partial charge in [0.15, 0.2) is 0 Å². The molecule has 0 aromatic heterocycles. The maximum Gasteiger partial charge on any atom is 0.0565 e. The fourth-order valence-corrected chi connectivity index (χ4v) is 3.02. The van der Waals surface area contributed by atoms with Crippen LogP contribution in [-0.4, -0.2) is 35.3 Å². The monoisotopic (exact) mass is 245 g/mol. The Morgan fingerprint density at radius 1 is 1.19 bits per heavy atom. The van der Waals surface area contributed by atoms with E-state index in [9.17, 15) is 0 Å². The fourth-order valence-electron chi connectivity index (χ4n) is 2.19. The molecule has 0 bridgehead atoms. The van der Waals surface area contributed by atoms with Gasteiger partial charge in [0.2, 0.25) is 0 Å². The minimum absolute atomic E-state index is 0.387. The van der Waals surface area contributed by atoms with E-state index in [0.717, 1.165) is 19.4 Å². The third-order valence-corrected chi connectivity index (χ3v) is 4.04. The summed E-state index contributed by atoms with van der Waals surface area (Å²) in [7, 11) is 0. The van der Waals surface area contributed by atoms with Crippen molar-refractivity contribution in [2.75, 3.05) is 12.3 Å². The predicted octanol–water partition coefficient (Wildman–Crippen LogP) is 3.06. The number of rotatable bonds is 4. The van der Waals surface area contributed by atoms with Crippen molar-refractivity contribution in [1.29, 1.82) is 0 Å². The lowest BCUT2D eigenvalue weighted by Gasteiger charge is -2.32. The van der Waals surface area contributed by atoms with E-state index in [1.807, 2.05) is 11.8 Å². The van der Waals surface area contributed by atoms with Gasteiger partial charge in [-0.1, -0.05) is 20.8 Å². The average Bonchev–Trinajstić information content (AvgIpc) is 2.09. The van der Waals surface area contributed by atoms with Gasteiger partial charge in [0.05, 0.1) is 12.2 Å². The van der Waals surface area contributed by atoms with Crippen molar-refractivity contribution in [2.45, 2.75) is 70.5 Å². The quantitative estimate of drug-likeness (QED) is 0.769. The Morgan fingerprint density at radius 3 is 2.25 bits per heavy atom. The van der Waals surface area contributed by atoms with Gasteiger partial charge in [-0.05, 0) is 26.7 Å². The second-order valence-corrected chi connectivity index (χ2v) is 7.76. The number of hydrogen-bond acceptors (Lipinski definition) is 3. The van der Waals surface area contributed by atoms with Crippen LogP contribution in [-0.2, 0) is 4.74 Å². The Hall–Kier alpha value is 0.270. The summed E-state index contributed by atoms with van der Waals surface area (Å²) < 4.78 is 6.12. The molecule has 1 heterocycles. The lowest BCUT2D eigenvalue weighted by Crippen LogP contribution is -2.42. The van der Waals surface area contributed by atoms with Gasteiger partial charge >= 0.3 is 0 Å². The van der Waals surface area contributed by atoms with E-state index in [2.05, 4.69) is 39.9 Å². The summed E-state index contributed by atoms with van der Waals surface area (Å²) in [6.07, 6.45) is 3.14. The molecule has 96 valence electrons. The summed E-state index contributed by atoms with van der Waals surface area (Å²) in [6.45, 7) is 12.3. The lowest BCUT2D eigenvalue weighted by atomic mass is 10.00. The lowest BCUT2D eigenvalue weighted by molar-refractivity contribution is -0.0417. The Kier molecular flexibility index (Phi) is 5.62. The molecule has 1 rings (SSSR count). The molecule has 1 aliphatic heterocycles. The zero-order valence-corrected chi connectivity index (χ0v) is 12.2. The van der Waals surface area contributed by atoms with Gasteiger partial charge < -0.3 is 10.1 Å². The smallest absolute Gasteiger partial charge is 0.0565 e. The van der Waals surface area contributed by atoms with Crippen LogP contribution >= 0.6 is 11.8 Å². The van der Waals surface area contributed by atoms with Crippen molar-refractivity contribution in [3.05, 3.63) is 0 Å². The third-order valence-electron chi connectivity index (χ3n) is 2.77. The highest BCUT2D eigenvalue weighted by molar-refractivity contribution is 8.00. The minimum Gasteiger partial charge on any atom is -0.375 e. The minimum atomic E-state index is 0.387. The number of ether oxygens (including phenoxy) is 1. The molecular weight excluding hydrogens is 218 g/mol. The third kappa shape index (κ3) is 6.12. The van der Waals surface area contributed by atoms with Crippen LogP contribution in [0.5, 0.6) is 0 Å². The molecule has 0 radical (unpaired) electrons. The van der Waals surface area contributed by atoms with Crippen LogP contribution < -0.4 is 5.32 Å². The zero-order chi connectivity index (χ0) is 12.2. The molecule has 1 saturated heterocycles. The van der Waals surface area contributed by atoms with Gasteiger partial charge in [-0.15, -0.1) is 0 Å². The summed E-state index contributed by atoms with van der Waals surface area (Å²) in [5.74, 6) is 1.20. The maximum atomic E-state index is 5.73. The van der Waals surface area contributed by atoms with Crippen LogP contribution in [0.15, 0.2) is 0 Å². The van der Waals surface area contributed by atoms with Crippen molar-refractivity contribution in [1.82, 2.24) is 5.32 Å². The van der Waals surface area contributed by atoms with Crippen LogP contribution in [0.2, 0.25) is 0 Å². The first kappa shape index (κ1) is 14.3. The van der Waals surface area contributed by atoms with Crippen LogP contribution in [0.25, 0.3) is 0 Å². The standard InChI is InChI=1S/C13H27NOS/c1-10-8-12(9-11(2)15-10)14-6-7-16-13(3,4)5/h10-12,14H,6-9H2,1-5H3. The van der Waals surface area contributed by atoms with Crippen LogP contribution in [0.3, 0.4) is 0 Å². The van der Waals surface area contributed by atoms with Crippen molar-refractivity contribution < 1.29 is 4.74 Å². The second kappa shape index (κ2) is 6.27. The molecule has 0 aromatic rings. The average molecular weight is 245 g/mol. The molecule has 0 amide bonds. The van der Waals surface area contributed by atoms with E-state index < -0.39 is 0 Å². The molecule has 1 N–H and O–H groups in total. The highest BCUT2D eigenvalue weighted by Crippen LogP contribution is 2.23. The molecular formula is C13H27NOS. The van der Waals surface area contributed by atoms with Gasteiger partial charge in [-0.25, -0.2) is 0 Å². The summed E-state index contributed by atoms with van der Waals surface area (Å²) >= 11 is 2.03. The predicted molar refractivity (Wildman–Crippen MR) is 73.2 cm³/mol. The normalized spacial score (nSPS) is 31.7. The van der Waals surface area contributed by atoms with E-state index in [0.29, 0.717) is 23.0 Å². The highest BCUT2D eigenvalue weighted by atomic mass is 32.2. The van der Waals surface area contributed by atoms with Crippen LogP contribution in [0, 0.1) is 0 Å². The molecule has 0 aromatic carbocycles. The van der Waals surface area contributed by atoms with E-state index in [1.165, 1.54) is 5.75 Å². The molecule has 2 atom stereocenters. The Labute approximate surface area is 105 Å². The molecule has 0 spiro atoms. The summed E-state index contributed by atoms with van der Waals surface area (Å²) in [5.41, 5.74) is 0. The number of hydrogen-bond donors (Lipinski definition) is 1. The molecule has 0 aliphatic carbocycles. The molecule has 16 heavy (non-hydrogen) atoms. The Bertz CT molecular complexity index is 193. The number of nitrogens with one attached hydrogen (secondary N) is 1. The van der Waals surface area contributed by atoms with Gasteiger partial charge in [0.1, 0.15) is 0 Å². The second-order valence-electron chi connectivity index (χ2n) is 5.84. The fraction of sp³-hybridized carbons (Fsp3) is 1.00. The number of thioether (sulfide) groups is 1. The molecule has 1 aliphatic rings. The van der Waals surface area contributed by atoms with Gasteiger partial charge in [-0.3, -0.25) is 0 Å². The molecule has 1 fully saturated rings. The summed E-state index contributed by atoms with van der Waals surface area (Å²) in [6, 6.07) is 0.652. The largest absolute Gasteiger partial charge is 0.375 e. The molecule has 3 heteroatoms. The van der Waals surface area contributed by atoms with Crippen molar-refractivity contribution in [3.8, 4) is 0 Å². The van der Waals surface area contributed by atoms with E-state index >= 15 is 0 Å². The SMILES string of the molecule is CC1CC(NCCSC(C)(C)C)CC(C)O1. The van der Waals surface area contributed by atoms with Crippen molar-refractivity contribution in [3.63, 3.8) is 0 Å². The first-order valence-electron chi connectivity index (χ1n) is 6.39. The molecule has 0 saturated carbocycles. The molecule has 2 unspecified atom stereocenters. The Balaban J connectivity index is 2.13. The summed E-state index contributed by atoms with van der Waals surface area (Å²) in [4.78, 5) is 0. The van der Waals surface area contributed by atoms with E-state index in [4.69, 9.17) is 4.74 Å². The zero-order valence-electron chi connectivity index (χ0n) is 11.4. The van der Waals surface area contributed by atoms with Gasteiger partial charge in [0, 0.05) is 23.1 Å². The van der Waals surface area contributed by atoms with E-state index in [1.54, 1.807) is 0 Å². The topological polar surface area (TPSA) is 21.3 Å². The van der Waals surface area contributed by atoms with Crippen LogP contribution in [0.1, 0.15) is 47.5 Å². The highest BCUT2D eigenvalue weighted by Gasteiger charge is 2.23. The Morgan fingerprint density at radius 2 is 1.75 bits per heavy atom. The van der Waals surface area contributed by atoms with Crippen LogP contribution in [0.4, 0.5) is 0 Å². The molecule has 2 nitrogen and oxygen atoms in total. The van der Waals surface area contributed by atoms with Gasteiger partial charge in [0.25, 0.3) is 0 Å². The van der Waals surface area contributed by atoms with Gasteiger partial charge in [-0.2, -0.15) is 11.8 Å². The van der Waals surface area contributed by atoms with E-state index in [-0.39, 0.29) is 0 Å². The van der Waals surface area contributed by atoms with Crippen molar-refractivity contribution in [2.24, 2.45) is 0 Å². The summed E-state index contributed by atoms with van der Waals surface area (Å²) in [5, 5.41) is 3.65.